The predicted octanol–water partition coefficient (Wildman–Crippen LogP) is -4.90. The van der Waals surface area contributed by atoms with Gasteiger partial charge in [-0.05, 0) is 0 Å². The van der Waals surface area contributed by atoms with Gasteiger partial charge < -0.3 is 50.0 Å². The van der Waals surface area contributed by atoms with Crippen molar-refractivity contribution >= 4 is 0 Å². The van der Waals surface area contributed by atoms with Crippen molar-refractivity contribution in [3.8, 4) is 0 Å². The summed E-state index contributed by atoms with van der Waals surface area (Å²) in [6.07, 6.45) is -15.7. The Bertz CT molecular complexity index is 394. The van der Waals surface area contributed by atoms with Gasteiger partial charge in [0.2, 0.25) is 0 Å². The van der Waals surface area contributed by atoms with Crippen LogP contribution >= 0.6 is 0 Å². The van der Waals surface area contributed by atoms with Crippen LogP contribution in [0.3, 0.4) is 0 Å². The van der Waals surface area contributed by atoms with E-state index >= 15 is 0 Å². The highest BCUT2D eigenvalue weighted by molar-refractivity contribution is 4.94. The van der Waals surface area contributed by atoms with E-state index in [4.69, 9.17) is 24.6 Å². The molecule has 0 aromatic rings. The van der Waals surface area contributed by atoms with Gasteiger partial charge in [0.15, 0.2) is 18.7 Å². The van der Waals surface area contributed by atoms with Gasteiger partial charge in [-0.25, -0.2) is 4.89 Å². The molecule has 0 unspecified atom stereocenters. The number of aliphatic hydroxyl groups excluding tert-OH is 7. The van der Waals surface area contributed by atoms with Crippen LogP contribution in [0.2, 0.25) is 0 Å². The van der Waals surface area contributed by atoms with Crippen LogP contribution in [-0.4, -0.2) is 116 Å². The van der Waals surface area contributed by atoms with E-state index in [0.717, 1.165) is 0 Å². The molecular weight excluding hydrogens is 336 g/mol. The standard InChI is InChI=1S/C12H22O12/c13-1-3-5(15)6(16)7(17)12(22-3)23-9-4(2-14)21-11(19)8(18)10(9)24-20/h3-20H,1-2H2/t3-,4-,5-,6+,7-,8-,9-,10-,11-,12+/m1/s1. The van der Waals surface area contributed by atoms with Crippen LogP contribution in [0.25, 0.3) is 0 Å². The second-order valence-electron chi connectivity index (χ2n) is 5.61. The van der Waals surface area contributed by atoms with Gasteiger partial charge in [0, 0.05) is 0 Å². The molecule has 2 fully saturated rings. The number of hydrogen-bond acceptors (Lipinski definition) is 12. The van der Waals surface area contributed by atoms with E-state index in [1.807, 2.05) is 0 Å². The van der Waals surface area contributed by atoms with Crippen molar-refractivity contribution in [1.29, 1.82) is 0 Å². The van der Waals surface area contributed by atoms with Crippen LogP contribution in [0.4, 0.5) is 0 Å². The number of rotatable bonds is 5. The van der Waals surface area contributed by atoms with E-state index in [0.29, 0.717) is 0 Å². The first-order chi connectivity index (χ1) is 11.3. The largest absolute Gasteiger partial charge is 0.394 e. The summed E-state index contributed by atoms with van der Waals surface area (Å²) in [5, 5.41) is 76.0. The lowest BCUT2D eigenvalue weighted by atomic mass is 9.97. The highest BCUT2D eigenvalue weighted by Crippen LogP contribution is 2.29. The molecule has 2 rings (SSSR count). The Morgan fingerprint density at radius 1 is 0.708 bits per heavy atom. The van der Waals surface area contributed by atoms with Crippen LogP contribution in [0, 0.1) is 0 Å². The highest BCUT2D eigenvalue weighted by atomic mass is 17.1. The van der Waals surface area contributed by atoms with Crippen molar-refractivity contribution in [3.05, 3.63) is 0 Å². The average Bonchev–Trinajstić information content (AvgIpc) is 2.58. The Hall–Kier alpha value is -0.480. The number of hydrogen-bond donors (Lipinski definition) is 8. The van der Waals surface area contributed by atoms with E-state index in [-0.39, 0.29) is 0 Å². The third-order valence-electron chi connectivity index (χ3n) is 4.07. The molecule has 142 valence electrons. The molecule has 24 heavy (non-hydrogen) atoms. The zero-order valence-corrected chi connectivity index (χ0v) is 12.4. The molecule has 10 atom stereocenters. The van der Waals surface area contributed by atoms with Crippen molar-refractivity contribution in [2.45, 2.75) is 61.4 Å². The third kappa shape index (κ3) is 3.70. The van der Waals surface area contributed by atoms with Crippen LogP contribution < -0.4 is 0 Å². The molecule has 0 saturated carbocycles. The van der Waals surface area contributed by atoms with Gasteiger partial charge in [-0.3, -0.25) is 5.26 Å². The van der Waals surface area contributed by atoms with Crippen molar-refractivity contribution in [3.63, 3.8) is 0 Å². The second kappa shape index (κ2) is 8.27. The molecule has 12 nitrogen and oxygen atoms in total. The molecular formula is C12H22O12. The maximum atomic E-state index is 9.93. The topological polar surface area (TPSA) is 199 Å². The lowest BCUT2D eigenvalue weighted by Gasteiger charge is -2.45. The Morgan fingerprint density at radius 3 is 1.88 bits per heavy atom. The predicted molar refractivity (Wildman–Crippen MR) is 70.1 cm³/mol. The van der Waals surface area contributed by atoms with Gasteiger partial charge in [0.1, 0.15) is 42.7 Å². The Labute approximate surface area is 135 Å². The summed E-state index contributed by atoms with van der Waals surface area (Å²) in [4.78, 5) is 4.07. The van der Waals surface area contributed by atoms with Gasteiger partial charge >= 0.3 is 0 Å². The molecule has 12 heteroatoms. The molecule has 2 saturated heterocycles. The number of aliphatic hydroxyl groups is 7. The molecule has 2 aliphatic heterocycles. The van der Waals surface area contributed by atoms with Gasteiger partial charge in [-0.2, -0.15) is 0 Å². The fourth-order valence-electron chi connectivity index (χ4n) is 2.67. The summed E-state index contributed by atoms with van der Waals surface area (Å²) >= 11 is 0. The molecule has 0 aromatic carbocycles. The molecule has 0 aromatic heterocycles. The zero-order chi connectivity index (χ0) is 18.0. The monoisotopic (exact) mass is 358 g/mol. The molecule has 8 N–H and O–H groups in total. The summed E-state index contributed by atoms with van der Waals surface area (Å²) in [5.41, 5.74) is 0. The maximum Gasteiger partial charge on any atom is 0.187 e. The fraction of sp³-hybridized carbons (Fsp3) is 1.00. The van der Waals surface area contributed by atoms with E-state index in [1.165, 1.54) is 0 Å². The summed E-state index contributed by atoms with van der Waals surface area (Å²) in [6, 6.07) is 0. The van der Waals surface area contributed by atoms with Crippen molar-refractivity contribution in [2.24, 2.45) is 0 Å². The summed E-state index contributed by atoms with van der Waals surface area (Å²) in [7, 11) is 0. The molecule has 0 radical (unpaired) electrons. The molecule has 2 heterocycles. The molecule has 0 bridgehead atoms. The Kier molecular flexibility index (Phi) is 6.83. The van der Waals surface area contributed by atoms with Crippen LogP contribution in [0.1, 0.15) is 0 Å². The normalized spacial score (nSPS) is 50.0. The zero-order valence-electron chi connectivity index (χ0n) is 12.4. The molecule has 0 amide bonds. The maximum absolute atomic E-state index is 9.93. The first-order valence-corrected chi connectivity index (χ1v) is 7.24. The van der Waals surface area contributed by atoms with Crippen LogP contribution in [0.15, 0.2) is 0 Å². The van der Waals surface area contributed by atoms with E-state index in [2.05, 4.69) is 4.89 Å². The van der Waals surface area contributed by atoms with Crippen molar-refractivity contribution in [1.82, 2.24) is 0 Å². The Balaban J connectivity index is 2.16. The van der Waals surface area contributed by atoms with Crippen LogP contribution in [0.5, 0.6) is 0 Å². The summed E-state index contributed by atoms with van der Waals surface area (Å²) in [6.45, 7) is -1.39. The lowest BCUT2D eigenvalue weighted by Crippen LogP contribution is -2.64. The minimum atomic E-state index is -1.77. The third-order valence-corrected chi connectivity index (χ3v) is 4.07. The molecule has 2 aliphatic rings. The van der Waals surface area contributed by atoms with Gasteiger partial charge in [0.25, 0.3) is 0 Å². The van der Waals surface area contributed by atoms with Crippen molar-refractivity contribution < 1.29 is 60.1 Å². The summed E-state index contributed by atoms with van der Waals surface area (Å²) < 4.78 is 15.4. The van der Waals surface area contributed by atoms with Gasteiger partial charge in [0.05, 0.1) is 13.2 Å². The minimum Gasteiger partial charge on any atom is -0.394 e. The van der Waals surface area contributed by atoms with Crippen molar-refractivity contribution in [2.75, 3.05) is 13.2 Å². The van der Waals surface area contributed by atoms with Gasteiger partial charge in [-0.15, -0.1) is 0 Å². The first kappa shape index (κ1) is 19.8. The lowest BCUT2D eigenvalue weighted by molar-refractivity contribution is -0.400. The SMILES string of the molecule is OC[C@H]1O[C@@H](O[C@H]2[C@H](OO)[C@@H](O)[C@H](O)O[C@@H]2CO)[C@H](O)[C@@H](O)[C@@H]1O. The first-order valence-electron chi connectivity index (χ1n) is 7.24. The quantitative estimate of drug-likeness (QED) is 0.172. The smallest absolute Gasteiger partial charge is 0.187 e. The van der Waals surface area contributed by atoms with E-state index in [1.54, 1.807) is 0 Å². The molecule has 0 spiro atoms. The van der Waals surface area contributed by atoms with Gasteiger partial charge in [-0.1, -0.05) is 0 Å². The van der Waals surface area contributed by atoms with E-state index < -0.39 is 74.6 Å². The fourth-order valence-corrected chi connectivity index (χ4v) is 2.67. The number of ether oxygens (including phenoxy) is 3. The van der Waals surface area contributed by atoms with E-state index in [9.17, 15) is 30.6 Å². The Morgan fingerprint density at radius 2 is 1.33 bits per heavy atom. The molecule has 0 aliphatic carbocycles. The average molecular weight is 358 g/mol. The van der Waals surface area contributed by atoms with Crippen LogP contribution in [-0.2, 0) is 19.1 Å². The second-order valence-corrected chi connectivity index (χ2v) is 5.61. The summed E-state index contributed by atoms with van der Waals surface area (Å²) in [5.74, 6) is 0. The highest BCUT2D eigenvalue weighted by Gasteiger charge is 2.51. The minimum absolute atomic E-state index is 0.684.